The summed E-state index contributed by atoms with van der Waals surface area (Å²) in [4.78, 5) is 24.4. The highest BCUT2D eigenvalue weighted by molar-refractivity contribution is 5.99. The number of hydrogen-bond acceptors (Lipinski definition) is 5. The Hall–Kier alpha value is -3.87. The number of para-hydroxylation sites is 2. The lowest BCUT2D eigenvalue weighted by atomic mass is 10.1. The van der Waals surface area contributed by atoms with Gasteiger partial charge in [-0.3, -0.25) is 4.79 Å². The molecule has 3 aromatic rings. The highest BCUT2D eigenvalue weighted by Gasteiger charge is 2.34. The van der Waals surface area contributed by atoms with Crippen molar-refractivity contribution in [1.29, 1.82) is 0 Å². The van der Waals surface area contributed by atoms with E-state index in [1.54, 1.807) is 30.2 Å². The van der Waals surface area contributed by atoms with Gasteiger partial charge in [-0.25, -0.2) is 4.98 Å². The molecule has 0 aliphatic carbocycles. The quantitative estimate of drug-likeness (QED) is 0.374. The van der Waals surface area contributed by atoms with E-state index in [9.17, 15) is 4.79 Å². The van der Waals surface area contributed by atoms with Crippen LogP contribution in [0.5, 0.6) is 11.6 Å². The van der Waals surface area contributed by atoms with Crippen molar-refractivity contribution in [3.05, 3.63) is 84.1 Å². The number of amides is 1. The number of aromatic nitrogens is 1. The van der Waals surface area contributed by atoms with E-state index >= 15 is 0 Å². The van der Waals surface area contributed by atoms with Crippen molar-refractivity contribution < 1.29 is 14.4 Å². The first-order chi connectivity index (χ1) is 15.0. The molecule has 158 valence electrons. The number of hydrogen-bond donors (Lipinski definition) is 1. The number of pyridine rings is 1. The third kappa shape index (κ3) is 4.50. The molecule has 2 unspecified atom stereocenters. The number of amidine groups is 1. The van der Waals surface area contributed by atoms with Gasteiger partial charge in [-0.05, 0) is 50.1 Å². The molecule has 4 rings (SSSR count). The van der Waals surface area contributed by atoms with Crippen LogP contribution in [0.15, 0.2) is 78.1 Å². The zero-order valence-electron chi connectivity index (χ0n) is 17.4. The molecule has 7 heteroatoms. The molecule has 1 amide bonds. The van der Waals surface area contributed by atoms with Gasteiger partial charge >= 0.3 is 0 Å². The van der Waals surface area contributed by atoms with E-state index in [-0.39, 0.29) is 17.8 Å². The molecule has 0 spiro atoms. The lowest BCUT2D eigenvalue weighted by Gasteiger charge is -2.25. The maximum atomic E-state index is 12.9. The number of carbonyl (C=O) groups excluding carboxylic acids is 1. The van der Waals surface area contributed by atoms with E-state index in [2.05, 4.69) is 10.1 Å². The molecule has 2 N–H and O–H groups in total. The Morgan fingerprint density at radius 2 is 1.87 bits per heavy atom. The van der Waals surface area contributed by atoms with E-state index < -0.39 is 6.10 Å². The topological polar surface area (TPSA) is 90.0 Å². The average molecular weight is 416 g/mol. The van der Waals surface area contributed by atoms with Crippen molar-refractivity contribution in [3.63, 3.8) is 0 Å². The molecular weight excluding hydrogens is 392 g/mol. The van der Waals surface area contributed by atoms with Gasteiger partial charge in [0.05, 0.1) is 0 Å². The molecule has 0 bridgehead atoms. The van der Waals surface area contributed by atoms with E-state index in [0.717, 1.165) is 17.7 Å². The van der Waals surface area contributed by atoms with Crippen LogP contribution in [0, 0.1) is 0 Å². The third-order valence-electron chi connectivity index (χ3n) is 5.10. The number of oxime groups is 1. The summed E-state index contributed by atoms with van der Waals surface area (Å²) in [5.74, 6) is 1.11. The third-order valence-corrected chi connectivity index (χ3v) is 5.10. The molecule has 1 aromatic heterocycles. The molecule has 2 heterocycles. The minimum atomic E-state index is -0.777. The van der Waals surface area contributed by atoms with Crippen molar-refractivity contribution in [2.75, 3.05) is 4.90 Å². The van der Waals surface area contributed by atoms with E-state index in [4.69, 9.17) is 15.3 Å². The Kier molecular flexibility index (Phi) is 5.84. The summed E-state index contributed by atoms with van der Waals surface area (Å²) in [6.07, 6.45) is 1.59. The summed E-state index contributed by atoms with van der Waals surface area (Å²) in [6.45, 7) is 3.69. The summed E-state index contributed by atoms with van der Waals surface area (Å²) in [5, 5.41) is 3.95. The molecule has 0 saturated heterocycles. The SMILES string of the molecule is CC(O/N=C(/N)c1ccc(Oc2ccccc2)nc1)C(=O)N1c2ccccc2CC1C. The molecule has 0 radical (unpaired) electrons. The highest BCUT2D eigenvalue weighted by atomic mass is 16.6. The van der Waals surface area contributed by atoms with Crippen molar-refractivity contribution in [1.82, 2.24) is 4.98 Å². The standard InChI is InChI=1S/C24H24N4O3/c1-16-14-18-8-6-7-11-21(18)28(16)24(29)17(2)31-27-23(25)19-12-13-22(26-15-19)30-20-9-4-3-5-10-20/h3-13,15-17H,14H2,1-2H3,(H2,25,27). The van der Waals surface area contributed by atoms with Gasteiger partial charge in [-0.1, -0.05) is 41.6 Å². The van der Waals surface area contributed by atoms with Crippen LogP contribution >= 0.6 is 0 Å². The molecule has 1 aliphatic heterocycles. The maximum Gasteiger partial charge on any atom is 0.270 e. The highest BCUT2D eigenvalue weighted by Crippen LogP contribution is 2.32. The van der Waals surface area contributed by atoms with Gasteiger partial charge in [0.25, 0.3) is 5.91 Å². The smallest absolute Gasteiger partial charge is 0.270 e. The van der Waals surface area contributed by atoms with E-state index in [1.807, 2.05) is 61.5 Å². The van der Waals surface area contributed by atoms with Gasteiger partial charge in [-0.2, -0.15) is 0 Å². The summed E-state index contributed by atoms with van der Waals surface area (Å²) < 4.78 is 5.67. The molecule has 2 atom stereocenters. The average Bonchev–Trinajstić information content (AvgIpc) is 3.13. The zero-order valence-corrected chi connectivity index (χ0v) is 17.4. The molecule has 0 saturated carbocycles. The van der Waals surface area contributed by atoms with Gasteiger partial charge in [0.1, 0.15) is 5.75 Å². The first kappa shape index (κ1) is 20.4. The van der Waals surface area contributed by atoms with Crippen molar-refractivity contribution in [2.45, 2.75) is 32.4 Å². The number of benzene rings is 2. The van der Waals surface area contributed by atoms with Crippen LogP contribution in [0.4, 0.5) is 5.69 Å². The summed E-state index contributed by atoms with van der Waals surface area (Å²) >= 11 is 0. The number of ether oxygens (including phenoxy) is 1. The summed E-state index contributed by atoms with van der Waals surface area (Å²) in [7, 11) is 0. The molecule has 2 aromatic carbocycles. The summed E-state index contributed by atoms with van der Waals surface area (Å²) in [6, 6.07) is 20.8. The van der Waals surface area contributed by atoms with Crippen LogP contribution in [0.3, 0.4) is 0 Å². The fourth-order valence-corrected chi connectivity index (χ4v) is 3.53. The Bertz CT molecular complexity index is 1080. The second-order valence-electron chi connectivity index (χ2n) is 7.41. The van der Waals surface area contributed by atoms with Crippen molar-refractivity contribution in [2.24, 2.45) is 10.9 Å². The van der Waals surface area contributed by atoms with Gasteiger partial charge in [-0.15, -0.1) is 0 Å². The zero-order chi connectivity index (χ0) is 21.8. The lowest BCUT2D eigenvalue weighted by molar-refractivity contribution is -0.129. The van der Waals surface area contributed by atoms with Gasteiger partial charge in [0.15, 0.2) is 5.84 Å². The van der Waals surface area contributed by atoms with Crippen LogP contribution in [0.1, 0.15) is 25.0 Å². The number of rotatable bonds is 6. The number of nitrogens with zero attached hydrogens (tertiary/aromatic N) is 3. The fraction of sp³-hybridized carbons (Fsp3) is 0.208. The first-order valence-corrected chi connectivity index (χ1v) is 10.1. The van der Waals surface area contributed by atoms with Gasteiger partial charge in [0.2, 0.25) is 12.0 Å². The fourth-order valence-electron chi connectivity index (χ4n) is 3.53. The molecule has 1 aliphatic rings. The predicted octanol–water partition coefficient (Wildman–Crippen LogP) is 3.88. The maximum absolute atomic E-state index is 12.9. The number of carbonyl (C=O) groups is 1. The van der Waals surface area contributed by atoms with E-state index in [0.29, 0.717) is 17.2 Å². The molecular formula is C24H24N4O3. The monoisotopic (exact) mass is 416 g/mol. The Morgan fingerprint density at radius 3 is 2.61 bits per heavy atom. The Balaban J connectivity index is 1.39. The lowest BCUT2D eigenvalue weighted by Crippen LogP contribution is -2.42. The van der Waals surface area contributed by atoms with Crippen molar-refractivity contribution >= 4 is 17.4 Å². The minimum Gasteiger partial charge on any atom is -0.439 e. The Morgan fingerprint density at radius 1 is 1.13 bits per heavy atom. The van der Waals surface area contributed by atoms with Gasteiger partial charge in [0, 0.05) is 29.6 Å². The molecule has 31 heavy (non-hydrogen) atoms. The van der Waals surface area contributed by atoms with Crippen LogP contribution in [0.2, 0.25) is 0 Å². The van der Waals surface area contributed by atoms with Crippen LogP contribution in [-0.2, 0) is 16.1 Å². The summed E-state index contributed by atoms with van der Waals surface area (Å²) in [5.41, 5.74) is 8.67. The molecule has 0 fully saturated rings. The predicted molar refractivity (Wildman–Crippen MR) is 119 cm³/mol. The second-order valence-corrected chi connectivity index (χ2v) is 7.41. The number of fused-ring (bicyclic) bond motifs is 1. The minimum absolute atomic E-state index is 0.0682. The normalized spacial score (nSPS) is 16.5. The molecule has 7 nitrogen and oxygen atoms in total. The van der Waals surface area contributed by atoms with E-state index in [1.165, 1.54) is 0 Å². The van der Waals surface area contributed by atoms with Crippen LogP contribution < -0.4 is 15.4 Å². The van der Waals surface area contributed by atoms with Crippen LogP contribution in [-0.4, -0.2) is 28.9 Å². The second kappa shape index (κ2) is 8.87. The van der Waals surface area contributed by atoms with Gasteiger partial charge < -0.3 is 20.2 Å². The number of anilines is 1. The van der Waals surface area contributed by atoms with Crippen LogP contribution in [0.25, 0.3) is 0 Å². The largest absolute Gasteiger partial charge is 0.439 e. The first-order valence-electron chi connectivity index (χ1n) is 10.1. The Labute approximate surface area is 181 Å². The number of nitrogens with two attached hydrogens (primary N) is 1. The van der Waals surface area contributed by atoms with Crippen molar-refractivity contribution in [3.8, 4) is 11.6 Å².